The maximum Gasteiger partial charge on any atom is 0.115 e. The normalized spacial score (nSPS) is 10.7. The second-order valence-corrected chi connectivity index (χ2v) is 5.72. The van der Waals surface area contributed by atoms with Crippen LogP contribution in [0.25, 0.3) is 0 Å². The highest BCUT2D eigenvalue weighted by atomic mass is 16.3. The van der Waals surface area contributed by atoms with Crippen LogP contribution in [-0.2, 0) is 6.42 Å². The number of unbranched alkanes of at least 4 members (excludes halogenated alkanes) is 7. The van der Waals surface area contributed by atoms with E-state index in [1.165, 1.54) is 56.9 Å². The predicted octanol–water partition coefficient (Wildman–Crippen LogP) is 4.83. The highest BCUT2D eigenvalue weighted by Gasteiger charge is 1.94. The van der Waals surface area contributed by atoms with E-state index in [0.29, 0.717) is 5.75 Å². The topological polar surface area (TPSA) is 32.3 Å². The smallest absolute Gasteiger partial charge is 0.115 e. The van der Waals surface area contributed by atoms with Crippen molar-refractivity contribution in [1.82, 2.24) is 5.32 Å². The van der Waals surface area contributed by atoms with Gasteiger partial charge in [-0.1, -0.05) is 50.3 Å². The third-order valence-electron chi connectivity index (χ3n) is 3.79. The van der Waals surface area contributed by atoms with E-state index in [0.717, 1.165) is 19.5 Å². The van der Waals surface area contributed by atoms with Gasteiger partial charge in [0.25, 0.3) is 0 Å². The van der Waals surface area contributed by atoms with Gasteiger partial charge >= 0.3 is 0 Å². The van der Waals surface area contributed by atoms with E-state index in [4.69, 9.17) is 0 Å². The van der Waals surface area contributed by atoms with Gasteiger partial charge in [0.2, 0.25) is 0 Å². The van der Waals surface area contributed by atoms with E-state index in [1.54, 1.807) is 12.1 Å². The van der Waals surface area contributed by atoms with Crippen molar-refractivity contribution in [1.29, 1.82) is 0 Å². The molecule has 0 bridgehead atoms. The van der Waals surface area contributed by atoms with Crippen LogP contribution in [0.5, 0.6) is 5.75 Å². The van der Waals surface area contributed by atoms with Crippen LogP contribution in [0.15, 0.2) is 36.9 Å². The Kier molecular flexibility index (Phi) is 10.5. The molecular weight excluding hydrogens is 258 g/mol. The summed E-state index contributed by atoms with van der Waals surface area (Å²) < 4.78 is 0. The minimum Gasteiger partial charge on any atom is -0.508 e. The van der Waals surface area contributed by atoms with Gasteiger partial charge < -0.3 is 10.4 Å². The van der Waals surface area contributed by atoms with Crippen molar-refractivity contribution in [3.63, 3.8) is 0 Å². The first-order valence-corrected chi connectivity index (χ1v) is 8.42. The first-order chi connectivity index (χ1) is 10.3. The largest absolute Gasteiger partial charge is 0.508 e. The van der Waals surface area contributed by atoms with Crippen LogP contribution in [-0.4, -0.2) is 18.2 Å². The molecule has 0 saturated carbocycles. The first-order valence-electron chi connectivity index (χ1n) is 8.42. The number of nitrogens with one attached hydrogen (secondary N) is 1. The molecule has 0 heterocycles. The van der Waals surface area contributed by atoms with Crippen LogP contribution in [0.3, 0.4) is 0 Å². The third kappa shape index (κ3) is 10.1. The Morgan fingerprint density at radius 3 is 2.14 bits per heavy atom. The van der Waals surface area contributed by atoms with Crippen LogP contribution in [0.4, 0.5) is 0 Å². The molecule has 0 unspecified atom stereocenters. The fourth-order valence-corrected chi connectivity index (χ4v) is 2.44. The molecular formula is C19H31NO. The van der Waals surface area contributed by atoms with Crippen molar-refractivity contribution in [3.05, 3.63) is 42.5 Å². The Labute approximate surface area is 130 Å². The summed E-state index contributed by atoms with van der Waals surface area (Å²) in [6, 6.07) is 7.49. The zero-order valence-corrected chi connectivity index (χ0v) is 13.3. The van der Waals surface area contributed by atoms with Gasteiger partial charge in [-0.3, -0.25) is 0 Å². The maximum absolute atomic E-state index is 9.21. The summed E-state index contributed by atoms with van der Waals surface area (Å²) in [4.78, 5) is 0. The quantitative estimate of drug-likeness (QED) is 0.402. The number of hydrogen-bond acceptors (Lipinski definition) is 2. The molecule has 21 heavy (non-hydrogen) atoms. The van der Waals surface area contributed by atoms with Gasteiger partial charge in [0.1, 0.15) is 5.75 Å². The van der Waals surface area contributed by atoms with Crippen LogP contribution < -0.4 is 5.32 Å². The molecule has 0 aliphatic rings. The Balaban J connectivity index is 1.82. The minimum atomic E-state index is 0.344. The Bertz CT molecular complexity index is 358. The van der Waals surface area contributed by atoms with Gasteiger partial charge in [0.15, 0.2) is 0 Å². The number of benzene rings is 1. The standard InChI is InChI=1S/C19H31NO/c1-2-3-4-5-6-7-8-9-10-16-20-17-15-18-11-13-19(21)14-12-18/h2,11-14,20-21H,1,3-10,15-17H2. The second kappa shape index (κ2) is 12.5. The number of phenols is 1. The summed E-state index contributed by atoms with van der Waals surface area (Å²) in [5.74, 6) is 0.344. The molecule has 1 aromatic carbocycles. The van der Waals surface area contributed by atoms with Crippen molar-refractivity contribution in [3.8, 4) is 5.75 Å². The van der Waals surface area contributed by atoms with Crippen molar-refractivity contribution in [2.45, 2.75) is 57.8 Å². The van der Waals surface area contributed by atoms with Crippen LogP contribution in [0.2, 0.25) is 0 Å². The van der Waals surface area contributed by atoms with Crippen LogP contribution in [0.1, 0.15) is 56.9 Å². The summed E-state index contributed by atoms with van der Waals surface area (Å²) >= 11 is 0. The molecule has 0 aromatic heterocycles. The van der Waals surface area contributed by atoms with Gasteiger partial charge in [-0.15, -0.1) is 6.58 Å². The molecule has 118 valence electrons. The fourth-order valence-electron chi connectivity index (χ4n) is 2.44. The minimum absolute atomic E-state index is 0.344. The lowest BCUT2D eigenvalue weighted by atomic mass is 10.1. The Hall–Kier alpha value is -1.28. The molecule has 1 aromatic rings. The molecule has 0 amide bonds. The zero-order valence-electron chi connectivity index (χ0n) is 13.3. The molecule has 0 fully saturated rings. The number of aromatic hydroxyl groups is 1. The monoisotopic (exact) mass is 289 g/mol. The predicted molar refractivity (Wildman–Crippen MR) is 91.8 cm³/mol. The summed E-state index contributed by atoms with van der Waals surface area (Å²) in [5.41, 5.74) is 1.28. The van der Waals surface area contributed by atoms with Crippen molar-refractivity contribution >= 4 is 0 Å². The van der Waals surface area contributed by atoms with Gasteiger partial charge in [-0.05, 0) is 56.5 Å². The average Bonchev–Trinajstić information content (AvgIpc) is 2.50. The summed E-state index contributed by atoms with van der Waals surface area (Å²) in [6.45, 7) is 5.89. The molecule has 1 rings (SSSR count). The SMILES string of the molecule is C=CCCCCCCCCCNCCc1ccc(O)cc1. The van der Waals surface area contributed by atoms with Gasteiger partial charge in [0, 0.05) is 0 Å². The van der Waals surface area contributed by atoms with E-state index >= 15 is 0 Å². The summed E-state index contributed by atoms with van der Waals surface area (Å²) in [6.07, 6.45) is 13.6. The highest BCUT2D eigenvalue weighted by molar-refractivity contribution is 5.25. The number of rotatable bonds is 13. The zero-order chi connectivity index (χ0) is 15.2. The first kappa shape index (κ1) is 17.8. The summed E-state index contributed by atoms with van der Waals surface area (Å²) in [7, 11) is 0. The van der Waals surface area contributed by atoms with Crippen molar-refractivity contribution in [2.75, 3.05) is 13.1 Å². The van der Waals surface area contributed by atoms with Crippen molar-refractivity contribution in [2.24, 2.45) is 0 Å². The van der Waals surface area contributed by atoms with E-state index in [9.17, 15) is 5.11 Å². The number of phenolic OH excluding ortho intramolecular Hbond substituents is 1. The maximum atomic E-state index is 9.21. The van der Waals surface area contributed by atoms with E-state index in [2.05, 4.69) is 11.9 Å². The van der Waals surface area contributed by atoms with Gasteiger partial charge in [-0.2, -0.15) is 0 Å². The number of allylic oxidation sites excluding steroid dienone is 1. The molecule has 0 aliphatic heterocycles. The fraction of sp³-hybridized carbons (Fsp3) is 0.579. The summed E-state index contributed by atoms with van der Waals surface area (Å²) in [5, 5.41) is 12.7. The van der Waals surface area contributed by atoms with E-state index in [-0.39, 0.29) is 0 Å². The van der Waals surface area contributed by atoms with Crippen LogP contribution in [0, 0.1) is 0 Å². The molecule has 0 spiro atoms. The second-order valence-electron chi connectivity index (χ2n) is 5.72. The molecule has 2 nitrogen and oxygen atoms in total. The van der Waals surface area contributed by atoms with Gasteiger partial charge in [-0.25, -0.2) is 0 Å². The lowest BCUT2D eigenvalue weighted by Gasteiger charge is -2.05. The molecule has 0 radical (unpaired) electrons. The molecule has 0 atom stereocenters. The molecule has 0 aliphatic carbocycles. The highest BCUT2D eigenvalue weighted by Crippen LogP contribution is 2.10. The average molecular weight is 289 g/mol. The third-order valence-corrected chi connectivity index (χ3v) is 3.79. The van der Waals surface area contributed by atoms with E-state index in [1.807, 2.05) is 18.2 Å². The van der Waals surface area contributed by atoms with E-state index < -0.39 is 0 Å². The molecule has 2 N–H and O–H groups in total. The van der Waals surface area contributed by atoms with Gasteiger partial charge in [0.05, 0.1) is 0 Å². The van der Waals surface area contributed by atoms with Crippen LogP contribution >= 0.6 is 0 Å². The molecule has 0 saturated heterocycles. The number of hydrogen-bond donors (Lipinski definition) is 2. The van der Waals surface area contributed by atoms with Crippen molar-refractivity contribution < 1.29 is 5.11 Å². The lowest BCUT2D eigenvalue weighted by Crippen LogP contribution is -2.18. The Morgan fingerprint density at radius 2 is 1.48 bits per heavy atom. The Morgan fingerprint density at radius 1 is 0.857 bits per heavy atom. The lowest BCUT2D eigenvalue weighted by molar-refractivity contribution is 0.475. The molecule has 2 heteroatoms.